The topological polar surface area (TPSA) is 35.5 Å². The molecule has 0 aliphatic carbocycles. The van der Waals surface area contributed by atoms with Crippen LogP contribution in [0, 0.1) is 11.8 Å². The molecule has 0 fully saturated rings. The van der Waals surface area contributed by atoms with E-state index in [4.69, 9.17) is 9.47 Å². The highest BCUT2D eigenvalue weighted by atomic mass is 32.2. The quantitative estimate of drug-likeness (QED) is 0.161. The summed E-state index contributed by atoms with van der Waals surface area (Å²) in [4.78, 5) is 14.9. The van der Waals surface area contributed by atoms with Crippen LogP contribution in [-0.2, 0) is 20.0 Å². The Morgan fingerprint density at radius 1 is 1.12 bits per heavy atom. The molecule has 0 bridgehead atoms. The molecule has 7 heteroatoms. The van der Waals surface area contributed by atoms with Gasteiger partial charge in [0.1, 0.15) is 5.75 Å². The first-order chi connectivity index (χ1) is 15.5. The van der Waals surface area contributed by atoms with Crippen LogP contribution in [0.2, 0.25) is 0 Å². The lowest BCUT2D eigenvalue weighted by Gasteiger charge is -2.38. The van der Waals surface area contributed by atoms with Gasteiger partial charge >= 0.3 is 5.97 Å². The first-order valence-corrected chi connectivity index (χ1v) is 14.8. The number of carbonyl (C=O) groups is 1. The lowest BCUT2D eigenvalue weighted by molar-refractivity contribution is -0.142. The molecule has 1 aromatic carbocycles. The molecule has 1 aromatic heterocycles. The van der Waals surface area contributed by atoms with Gasteiger partial charge in [-0.05, 0) is 48.4 Å². The van der Waals surface area contributed by atoms with Crippen molar-refractivity contribution in [2.45, 2.75) is 49.5 Å². The zero-order valence-electron chi connectivity index (χ0n) is 19.1. The SMILES string of the molecule is CCOC(=O)Cc1ccc(C#Cc2cc3c(cc2SCC)OCCC3(SCC)SCC)s1. The third kappa shape index (κ3) is 6.22. The van der Waals surface area contributed by atoms with E-state index in [1.807, 2.05) is 42.6 Å². The first kappa shape index (κ1) is 25.4. The predicted molar refractivity (Wildman–Crippen MR) is 142 cm³/mol. The summed E-state index contributed by atoms with van der Waals surface area (Å²) >= 11 is 7.38. The fourth-order valence-corrected chi connectivity index (χ4v) is 8.28. The minimum Gasteiger partial charge on any atom is -0.493 e. The zero-order chi connectivity index (χ0) is 23.0. The van der Waals surface area contributed by atoms with Gasteiger partial charge in [-0.1, -0.05) is 32.6 Å². The Kier molecular flexibility index (Phi) is 9.78. The van der Waals surface area contributed by atoms with Crippen molar-refractivity contribution in [3.63, 3.8) is 0 Å². The molecule has 3 nitrogen and oxygen atoms in total. The molecule has 1 aliphatic rings. The van der Waals surface area contributed by atoms with Crippen molar-refractivity contribution >= 4 is 52.6 Å². The number of benzene rings is 1. The van der Waals surface area contributed by atoms with E-state index >= 15 is 0 Å². The molecule has 0 saturated heterocycles. The minimum absolute atomic E-state index is 0.0265. The number of hydrogen-bond acceptors (Lipinski definition) is 7. The summed E-state index contributed by atoms with van der Waals surface area (Å²) in [5.74, 6) is 10.7. The van der Waals surface area contributed by atoms with E-state index < -0.39 is 0 Å². The van der Waals surface area contributed by atoms with E-state index in [9.17, 15) is 4.79 Å². The number of thioether (sulfide) groups is 3. The summed E-state index contributed by atoms with van der Waals surface area (Å²) in [6, 6.07) is 8.41. The normalized spacial score (nSPS) is 14.1. The van der Waals surface area contributed by atoms with Gasteiger partial charge in [-0.2, -0.15) is 0 Å². The second-order valence-corrected chi connectivity index (χ2v) is 12.9. The second kappa shape index (κ2) is 12.3. The van der Waals surface area contributed by atoms with Gasteiger partial charge in [-0.3, -0.25) is 4.79 Å². The highest BCUT2D eigenvalue weighted by molar-refractivity contribution is 8.17. The van der Waals surface area contributed by atoms with E-state index in [1.54, 1.807) is 23.1 Å². The molecule has 1 aliphatic heterocycles. The van der Waals surface area contributed by atoms with Gasteiger partial charge in [0.2, 0.25) is 0 Å². The highest BCUT2D eigenvalue weighted by Gasteiger charge is 2.38. The Morgan fingerprint density at radius 2 is 1.91 bits per heavy atom. The van der Waals surface area contributed by atoms with Gasteiger partial charge in [-0.25, -0.2) is 0 Å². The van der Waals surface area contributed by atoms with E-state index in [0.717, 1.165) is 51.4 Å². The van der Waals surface area contributed by atoms with Crippen LogP contribution in [0.3, 0.4) is 0 Å². The van der Waals surface area contributed by atoms with Crippen LogP contribution in [0.4, 0.5) is 0 Å². The summed E-state index contributed by atoms with van der Waals surface area (Å²) in [6.45, 7) is 9.60. The summed E-state index contributed by atoms with van der Waals surface area (Å²) in [7, 11) is 0. The van der Waals surface area contributed by atoms with Crippen molar-refractivity contribution in [3.8, 4) is 17.6 Å². The molecule has 0 amide bonds. The average Bonchev–Trinajstić information content (AvgIpc) is 3.20. The lowest BCUT2D eigenvalue weighted by atomic mass is 10.0. The van der Waals surface area contributed by atoms with Crippen LogP contribution in [0.25, 0.3) is 0 Å². The van der Waals surface area contributed by atoms with E-state index in [1.165, 1.54) is 10.5 Å². The number of thiophene rings is 1. The van der Waals surface area contributed by atoms with Crippen LogP contribution in [0.15, 0.2) is 29.2 Å². The van der Waals surface area contributed by atoms with Crippen molar-refractivity contribution in [2.24, 2.45) is 0 Å². The number of fused-ring (bicyclic) bond motifs is 1. The molecule has 0 saturated carbocycles. The van der Waals surface area contributed by atoms with Gasteiger partial charge in [0.05, 0.1) is 28.6 Å². The van der Waals surface area contributed by atoms with Crippen molar-refractivity contribution in [1.82, 2.24) is 0 Å². The number of ether oxygens (including phenoxy) is 2. The van der Waals surface area contributed by atoms with Crippen molar-refractivity contribution in [1.29, 1.82) is 0 Å². The fraction of sp³-hybridized carbons (Fsp3) is 0.480. The Hall–Kier alpha value is -1.20. The van der Waals surface area contributed by atoms with Crippen LogP contribution in [0.5, 0.6) is 5.75 Å². The van der Waals surface area contributed by atoms with Crippen molar-refractivity contribution < 1.29 is 14.3 Å². The first-order valence-electron chi connectivity index (χ1n) is 11.0. The standard InChI is InChI=1S/C25H30O3S4/c1-5-27-24(26)16-20-12-11-19(32-20)10-9-18-15-21-22(17-23(18)29-6-2)28-14-13-25(21,30-7-3)31-8-4/h11-12,15,17H,5-8,13-14,16H2,1-4H3. The third-order valence-corrected chi connectivity index (χ3v) is 9.84. The molecule has 0 radical (unpaired) electrons. The summed E-state index contributed by atoms with van der Waals surface area (Å²) in [5.41, 5.74) is 2.32. The van der Waals surface area contributed by atoms with Gasteiger partial charge in [0.25, 0.3) is 0 Å². The molecule has 2 heterocycles. The summed E-state index contributed by atoms with van der Waals surface area (Å²) < 4.78 is 11.2. The third-order valence-electron chi connectivity index (χ3n) is 4.84. The molecular formula is C25H30O3S4. The number of esters is 1. The smallest absolute Gasteiger partial charge is 0.311 e. The van der Waals surface area contributed by atoms with Crippen LogP contribution in [0.1, 0.15) is 55.0 Å². The largest absolute Gasteiger partial charge is 0.493 e. The minimum atomic E-state index is -0.191. The zero-order valence-corrected chi connectivity index (χ0v) is 22.4. The molecule has 2 aromatic rings. The van der Waals surface area contributed by atoms with E-state index in [0.29, 0.717) is 13.0 Å². The molecule has 172 valence electrons. The van der Waals surface area contributed by atoms with Crippen molar-refractivity contribution in [2.75, 3.05) is 30.5 Å². The monoisotopic (exact) mass is 506 g/mol. The lowest BCUT2D eigenvalue weighted by Crippen LogP contribution is -2.27. The second-order valence-electron chi connectivity index (χ2n) is 6.99. The fourth-order valence-electron chi connectivity index (χ4n) is 3.61. The Bertz CT molecular complexity index is 981. The van der Waals surface area contributed by atoms with E-state index in [2.05, 4.69) is 44.7 Å². The molecular weight excluding hydrogens is 477 g/mol. The van der Waals surface area contributed by atoms with Crippen LogP contribution in [-0.4, -0.2) is 36.4 Å². The maximum absolute atomic E-state index is 11.8. The number of rotatable bonds is 9. The summed E-state index contributed by atoms with van der Waals surface area (Å²) in [6.07, 6.45) is 1.31. The molecule has 0 N–H and O–H groups in total. The Labute approximate surface area is 208 Å². The molecule has 0 atom stereocenters. The summed E-state index contributed by atoms with van der Waals surface area (Å²) in [5, 5.41) is 0. The van der Waals surface area contributed by atoms with Crippen LogP contribution >= 0.6 is 46.6 Å². The Morgan fingerprint density at radius 3 is 2.59 bits per heavy atom. The van der Waals surface area contributed by atoms with Gasteiger partial charge in [-0.15, -0.1) is 46.6 Å². The molecule has 3 rings (SSSR count). The molecule has 0 spiro atoms. The average molecular weight is 507 g/mol. The van der Waals surface area contributed by atoms with Gasteiger partial charge in [0, 0.05) is 27.3 Å². The maximum atomic E-state index is 11.8. The van der Waals surface area contributed by atoms with Gasteiger partial charge in [0.15, 0.2) is 0 Å². The maximum Gasteiger partial charge on any atom is 0.311 e. The van der Waals surface area contributed by atoms with Gasteiger partial charge < -0.3 is 9.47 Å². The Balaban J connectivity index is 1.95. The molecule has 32 heavy (non-hydrogen) atoms. The van der Waals surface area contributed by atoms with Crippen molar-refractivity contribution in [3.05, 3.63) is 45.1 Å². The molecule has 0 unspecified atom stereocenters. The van der Waals surface area contributed by atoms with E-state index in [-0.39, 0.29) is 10.0 Å². The predicted octanol–water partition coefficient (Wildman–Crippen LogP) is 6.81. The number of hydrogen-bond donors (Lipinski definition) is 0. The highest BCUT2D eigenvalue weighted by Crippen LogP contribution is 2.55. The van der Waals surface area contributed by atoms with Crippen LogP contribution < -0.4 is 4.74 Å². The number of carbonyl (C=O) groups excluding carboxylic acids is 1.